The lowest BCUT2D eigenvalue weighted by atomic mass is 10.0. The van der Waals surface area contributed by atoms with Crippen LogP contribution in [0.2, 0.25) is 25.7 Å². The van der Waals surface area contributed by atoms with Crippen molar-refractivity contribution >= 4 is 25.2 Å². The van der Waals surface area contributed by atoms with Crippen molar-refractivity contribution in [3.63, 3.8) is 0 Å². The second kappa shape index (κ2) is 15.4. The summed E-state index contributed by atoms with van der Waals surface area (Å²) in [6, 6.07) is 8.23. The summed E-state index contributed by atoms with van der Waals surface area (Å²) in [5.74, 6) is 1.27. The Morgan fingerprint density at radius 1 is 1.04 bits per heavy atom. The van der Waals surface area contributed by atoms with Gasteiger partial charge in [0.25, 0.3) is 0 Å². The first-order chi connectivity index (χ1) is 25.8. The highest BCUT2D eigenvalue weighted by molar-refractivity contribution is 6.76. The second-order valence-corrected chi connectivity index (χ2v) is 21.9. The van der Waals surface area contributed by atoms with E-state index in [1.165, 1.54) is 22.8 Å². The van der Waals surface area contributed by atoms with E-state index in [4.69, 9.17) is 24.2 Å². The third kappa shape index (κ3) is 9.35. The maximum Gasteiger partial charge on any atom is 0.434 e. The van der Waals surface area contributed by atoms with Gasteiger partial charge < -0.3 is 28.2 Å². The number of methoxy groups -OCH3 is 1. The molecule has 0 radical (unpaired) electrons. The van der Waals surface area contributed by atoms with E-state index in [1.807, 2.05) is 37.5 Å². The standard InChI is InChI=1S/C39H49F3N8O4Si/c1-38(2,3)54-37(51)49(5)20-29-27(18-24-10-12-26(13-11-24)35-46-30(21-48(35)4)39(40,41)42)33-28(50(29)23-53-16-17-55(7,8)9)19-43-34(47-33)31-32(25-14-15-25)44-22-45-36(31)52-6/h10-13,19,21-22,25H,14-18,20,23H2,1-9H3. The predicted molar refractivity (Wildman–Crippen MR) is 205 cm³/mol. The topological polar surface area (TPSA) is 122 Å². The average Bonchev–Trinajstić information content (AvgIpc) is 3.82. The van der Waals surface area contributed by atoms with Gasteiger partial charge in [-0.15, -0.1) is 0 Å². The minimum Gasteiger partial charge on any atom is -0.480 e. The molecule has 4 heterocycles. The second-order valence-electron chi connectivity index (χ2n) is 16.3. The number of hydrogen-bond donors (Lipinski definition) is 0. The van der Waals surface area contributed by atoms with Crippen molar-refractivity contribution in [1.29, 1.82) is 0 Å². The molecule has 1 aliphatic carbocycles. The zero-order valence-corrected chi connectivity index (χ0v) is 33.9. The van der Waals surface area contributed by atoms with Crippen molar-refractivity contribution in [1.82, 2.24) is 39.0 Å². The Labute approximate surface area is 320 Å². The number of hydrogen-bond acceptors (Lipinski definition) is 9. The van der Waals surface area contributed by atoms with Gasteiger partial charge >= 0.3 is 12.3 Å². The predicted octanol–water partition coefficient (Wildman–Crippen LogP) is 8.46. The summed E-state index contributed by atoms with van der Waals surface area (Å²) in [6.07, 6.45) is 1.58. The number of rotatable bonds is 13. The maximum absolute atomic E-state index is 13.4. The first kappa shape index (κ1) is 39.8. The van der Waals surface area contributed by atoms with E-state index in [1.54, 1.807) is 32.5 Å². The Kier molecular flexibility index (Phi) is 11.1. The van der Waals surface area contributed by atoms with Gasteiger partial charge in [0, 0.05) is 64.1 Å². The molecule has 0 atom stereocenters. The number of nitrogens with zero attached hydrogens (tertiary/aromatic N) is 8. The third-order valence-corrected chi connectivity index (χ3v) is 11.0. The maximum atomic E-state index is 13.4. The Morgan fingerprint density at radius 2 is 1.75 bits per heavy atom. The Morgan fingerprint density at radius 3 is 2.35 bits per heavy atom. The molecule has 0 spiro atoms. The zero-order valence-electron chi connectivity index (χ0n) is 32.9. The lowest BCUT2D eigenvalue weighted by Crippen LogP contribution is -2.34. The number of amides is 1. The van der Waals surface area contributed by atoms with Crippen LogP contribution in [0.4, 0.5) is 18.0 Å². The van der Waals surface area contributed by atoms with Crippen LogP contribution in [0.25, 0.3) is 33.8 Å². The number of aromatic nitrogens is 7. The molecule has 5 aromatic rings. The number of ether oxygens (including phenoxy) is 3. The van der Waals surface area contributed by atoms with Gasteiger partial charge in [-0.25, -0.2) is 29.7 Å². The van der Waals surface area contributed by atoms with Crippen LogP contribution in [-0.4, -0.2) is 79.5 Å². The first-order valence-electron chi connectivity index (χ1n) is 18.3. The summed E-state index contributed by atoms with van der Waals surface area (Å²) in [7, 11) is 3.40. The molecule has 1 amide bonds. The Hall–Kier alpha value is -4.83. The molecule has 1 saturated carbocycles. The molecule has 0 unspecified atom stereocenters. The van der Waals surface area contributed by atoms with Crippen molar-refractivity contribution in [2.75, 3.05) is 20.8 Å². The summed E-state index contributed by atoms with van der Waals surface area (Å²) in [4.78, 5) is 37.8. The van der Waals surface area contributed by atoms with E-state index in [9.17, 15) is 18.0 Å². The van der Waals surface area contributed by atoms with Gasteiger partial charge in [0.1, 0.15) is 30.0 Å². The summed E-state index contributed by atoms with van der Waals surface area (Å²) in [6.45, 7) is 13.3. The minimum atomic E-state index is -4.55. The third-order valence-electron chi connectivity index (χ3n) is 9.31. The van der Waals surface area contributed by atoms with Crippen molar-refractivity contribution in [2.24, 2.45) is 7.05 Å². The van der Waals surface area contributed by atoms with E-state index >= 15 is 0 Å². The van der Waals surface area contributed by atoms with E-state index < -0.39 is 31.6 Å². The smallest absolute Gasteiger partial charge is 0.434 e. The van der Waals surface area contributed by atoms with E-state index in [0.717, 1.165) is 47.6 Å². The molecule has 0 saturated heterocycles. The SMILES string of the molecule is COc1ncnc(C2CC2)c1-c1ncc2c(n1)c(Cc1ccc(-c3nc(C(F)(F)F)cn3C)cc1)c(CN(C)C(=O)OC(C)(C)C)n2COCC[Si](C)(C)C. The van der Waals surface area contributed by atoms with Gasteiger partial charge in [-0.05, 0) is 45.2 Å². The summed E-state index contributed by atoms with van der Waals surface area (Å²) < 4.78 is 61.5. The Bertz CT molecular complexity index is 2170. The van der Waals surface area contributed by atoms with Crippen LogP contribution in [0.3, 0.4) is 0 Å². The molecule has 55 heavy (non-hydrogen) atoms. The fourth-order valence-electron chi connectivity index (χ4n) is 6.30. The van der Waals surface area contributed by atoms with Crippen LogP contribution in [-0.2, 0) is 42.4 Å². The largest absolute Gasteiger partial charge is 0.480 e. The van der Waals surface area contributed by atoms with E-state index in [2.05, 4.69) is 34.6 Å². The van der Waals surface area contributed by atoms with Gasteiger partial charge in [-0.2, -0.15) is 13.2 Å². The molecule has 294 valence electrons. The zero-order chi connectivity index (χ0) is 39.9. The average molecular weight is 779 g/mol. The molecular formula is C39H49F3N8O4Si. The fraction of sp³-hybridized carbons (Fsp3) is 0.487. The van der Waals surface area contributed by atoms with Crippen molar-refractivity contribution < 1.29 is 32.2 Å². The lowest BCUT2D eigenvalue weighted by Gasteiger charge is -2.25. The fourth-order valence-corrected chi connectivity index (χ4v) is 7.05. The molecule has 1 aromatic carbocycles. The van der Waals surface area contributed by atoms with Gasteiger partial charge in [-0.1, -0.05) is 43.9 Å². The Balaban J connectivity index is 1.48. The van der Waals surface area contributed by atoms with E-state index in [-0.39, 0.29) is 25.0 Å². The first-order valence-corrected chi connectivity index (χ1v) is 22.0. The monoisotopic (exact) mass is 778 g/mol. The van der Waals surface area contributed by atoms with Gasteiger partial charge in [0.2, 0.25) is 5.88 Å². The van der Waals surface area contributed by atoms with Crippen molar-refractivity contribution in [3.8, 4) is 28.7 Å². The molecule has 16 heteroatoms. The van der Waals surface area contributed by atoms with Crippen molar-refractivity contribution in [2.45, 2.75) is 96.7 Å². The molecule has 1 aliphatic rings. The number of benzene rings is 1. The highest BCUT2D eigenvalue weighted by Crippen LogP contribution is 2.45. The molecule has 6 rings (SSSR count). The van der Waals surface area contributed by atoms with Crippen LogP contribution >= 0.6 is 0 Å². The number of halogens is 3. The molecule has 0 aliphatic heterocycles. The molecule has 0 bridgehead atoms. The van der Waals surface area contributed by atoms with Gasteiger partial charge in [-0.3, -0.25) is 0 Å². The number of alkyl halides is 3. The number of carbonyl (C=O) groups is 1. The van der Waals surface area contributed by atoms with Crippen LogP contribution < -0.4 is 4.74 Å². The molecule has 12 nitrogen and oxygen atoms in total. The lowest BCUT2D eigenvalue weighted by molar-refractivity contribution is -0.140. The highest BCUT2D eigenvalue weighted by Gasteiger charge is 2.35. The summed E-state index contributed by atoms with van der Waals surface area (Å²) >= 11 is 0. The molecule has 1 fully saturated rings. The quantitative estimate of drug-likeness (QED) is 0.0856. The molecule has 4 aromatic heterocycles. The van der Waals surface area contributed by atoms with Crippen LogP contribution in [0.5, 0.6) is 5.88 Å². The number of carbonyl (C=O) groups excluding carboxylic acids is 1. The van der Waals surface area contributed by atoms with Crippen LogP contribution in [0, 0.1) is 0 Å². The minimum absolute atomic E-state index is 0.171. The molecular weight excluding hydrogens is 730 g/mol. The van der Waals surface area contributed by atoms with Crippen molar-refractivity contribution in [3.05, 3.63) is 71.2 Å². The van der Waals surface area contributed by atoms with Gasteiger partial charge in [0.05, 0.1) is 36.6 Å². The summed E-state index contributed by atoms with van der Waals surface area (Å²) in [5, 5.41) is 0. The number of fused-ring (bicyclic) bond motifs is 1. The number of aryl methyl sites for hydroxylation is 1. The highest BCUT2D eigenvalue weighted by atomic mass is 28.3. The molecule has 0 N–H and O–H groups in total. The van der Waals surface area contributed by atoms with Gasteiger partial charge in [0.15, 0.2) is 11.5 Å². The van der Waals surface area contributed by atoms with Crippen LogP contribution in [0.1, 0.15) is 67.7 Å². The van der Waals surface area contributed by atoms with Crippen LogP contribution in [0.15, 0.2) is 43.0 Å². The normalized spacial score (nSPS) is 13.7. The summed E-state index contributed by atoms with van der Waals surface area (Å²) in [5.41, 5.74) is 4.22. The number of imidazole rings is 1. The van der Waals surface area contributed by atoms with E-state index in [0.29, 0.717) is 46.9 Å².